The summed E-state index contributed by atoms with van der Waals surface area (Å²) in [5, 5.41) is 24.2. The number of hydrogen-bond acceptors (Lipinski definition) is 21. The van der Waals surface area contributed by atoms with Crippen LogP contribution in [0.3, 0.4) is 0 Å². The number of rotatable bonds is 6. The molecule has 0 atom stereocenters. The third-order valence-electron chi connectivity index (χ3n) is 19.2. The van der Waals surface area contributed by atoms with Gasteiger partial charge >= 0.3 is 0 Å². The number of hydrogen-bond donors (Lipinski definition) is 5. The van der Waals surface area contributed by atoms with Crippen LogP contribution in [0.1, 0.15) is 128 Å². The zero-order valence-corrected chi connectivity index (χ0v) is 89.7. The van der Waals surface area contributed by atoms with Gasteiger partial charge in [0.1, 0.15) is 40.1 Å². The summed E-state index contributed by atoms with van der Waals surface area (Å²) in [6.45, 7) is 43.4. The van der Waals surface area contributed by atoms with Gasteiger partial charge in [0.25, 0.3) is 5.91 Å². The number of nitrogens with two attached hydrogens (primary N) is 3. The molecule has 0 aliphatic carbocycles. The lowest BCUT2D eigenvalue weighted by atomic mass is 9.97. The van der Waals surface area contributed by atoms with E-state index in [1.165, 1.54) is 90.1 Å². The van der Waals surface area contributed by atoms with E-state index in [0.29, 0.717) is 41.4 Å². The largest absolute Gasteiger partial charge is 0.487 e. The molecule has 0 spiro atoms. The summed E-state index contributed by atoms with van der Waals surface area (Å²) in [7, 11) is 7.72. The summed E-state index contributed by atoms with van der Waals surface area (Å²) in [6.07, 6.45) is 15.8. The van der Waals surface area contributed by atoms with Crippen molar-refractivity contribution in [2.75, 3.05) is 89.4 Å². The average molecular weight is 2010 g/mol. The number of carbonyl (C=O) groups is 1. The number of benzene rings is 8. The minimum absolute atomic E-state index is 0.110. The van der Waals surface area contributed by atoms with E-state index in [-0.39, 0.29) is 35.8 Å². The molecule has 1 fully saturated rings. The van der Waals surface area contributed by atoms with Gasteiger partial charge in [-0.25, -0.2) is 52.4 Å². The van der Waals surface area contributed by atoms with Crippen LogP contribution < -0.4 is 36.3 Å². The number of aromatic nitrogens is 8. The van der Waals surface area contributed by atoms with Crippen LogP contribution in [0.25, 0.3) is 0 Å². The molecule has 8 aromatic carbocycles. The van der Waals surface area contributed by atoms with Crippen molar-refractivity contribution in [1.82, 2.24) is 49.3 Å². The number of amides is 1. The average Bonchev–Trinajstić information content (AvgIpc) is 1.54. The van der Waals surface area contributed by atoms with E-state index in [2.05, 4.69) is 154 Å². The number of aliphatic hydroxyl groups excluding tert-OH is 1. The fourth-order valence-electron chi connectivity index (χ4n) is 11.3. The highest BCUT2D eigenvalue weighted by molar-refractivity contribution is 7.12. The molecule has 18 rings (SSSR count). The number of nitrogen functional groups attached to an aromatic ring is 3. The molecule has 1 saturated heterocycles. The molecule has 0 radical (unpaired) electrons. The van der Waals surface area contributed by atoms with Crippen LogP contribution in [0.5, 0.6) is 16.6 Å². The lowest BCUT2D eigenvalue weighted by Crippen LogP contribution is -2.49. The molecule has 142 heavy (non-hydrogen) atoms. The molecule has 0 bridgehead atoms. The second-order valence-corrected chi connectivity index (χ2v) is 37.6. The molecule has 8 aromatic heterocycles. The van der Waals surface area contributed by atoms with E-state index in [1.54, 1.807) is 136 Å². The highest BCUT2D eigenvalue weighted by Crippen LogP contribution is 2.32. The topological polar surface area (TPSA) is 268 Å². The number of aryl methyl sites for hydroxylation is 19. The fraction of sp³-hybridized carbons (Fsp3) is 0.281. The zero-order chi connectivity index (χ0) is 106. The number of piperazine rings is 1. The molecule has 758 valence electrons. The minimum atomic E-state index is -1.10. The summed E-state index contributed by atoms with van der Waals surface area (Å²) in [5.74, 6) is 2.75. The SMILES string of the molecule is COc1cc(C)cs1.Cc1ccc(C(=O)N2CCN(CCO)CC2)cc1.Cc1ccc(C(C)(C)O)c(F)c1.Cc1ccc(C)s1.Cc1ccc(F)cc1.Cc1ccc(N)cc1.Cc1ccc(N)nc1.Cc1ccc2c(c1)OCO2.Cc1cccc(F)c1.Cc1cccc(N(C)C)c1.Cc1ccccc1F.Cc1ccnc(Cl)c1.Cc1cnc(C)nc1.Cc1cnc(N)nc1.Cc1csc(C)c1.Cn1ccnc1. The van der Waals surface area contributed by atoms with Crippen LogP contribution >= 0.6 is 45.6 Å². The monoisotopic (exact) mass is 2010 g/mol. The van der Waals surface area contributed by atoms with Crippen molar-refractivity contribution >= 4 is 74.7 Å². The first kappa shape index (κ1) is 123. The molecule has 16 aromatic rings. The van der Waals surface area contributed by atoms with Gasteiger partial charge in [-0.1, -0.05) is 131 Å². The number of thiophene rings is 3. The van der Waals surface area contributed by atoms with Gasteiger partial charge in [-0.15, -0.1) is 34.0 Å². The molecule has 8 N–H and O–H groups in total. The van der Waals surface area contributed by atoms with Gasteiger partial charge in [-0.3, -0.25) is 9.69 Å². The number of nitrogens with zero attached hydrogens (tertiary/aromatic N) is 11. The van der Waals surface area contributed by atoms with E-state index in [0.717, 1.165) is 98.8 Å². The Balaban J connectivity index is 0.000000392. The summed E-state index contributed by atoms with van der Waals surface area (Å²) in [5.41, 5.74) is 33.6. The lowest BCUT2D eigenvalue weighted by Gasteiger charge is -2.34. The van der Waals surface area contributed by atoms with Gasteiger partial charge < -0.3 is 56.0 Å². The Kier molecular flexibility index (Phi) is 59.2. The first-order chi connectivity index (χ1) is 67.3. The van der Waals surface area contributed by atoms with E-state index >= 15 is 0 Å². The Hall–Kier alpha value is -13.5. The van der Waals surface area contributed by atoms with Crippen LogP contribution in [0.2, 0.25) is 5.15 Å². The third-order valence-corrected chi connectivity index (χ3v) is 22.3. The Bertz CT molecular complexity index is 5580. The summed E-state index contributed by atoms with van der Waals surface area (Å²) < 4.78 is 66.9. The van der Waals surface area contributed by atoms with Crippen molar-refractivity contribution in [3.05, 3.63) is 435 Å². The number of ether oxygens (including phenoxy) is 3. The van der Waals surface area contributed by atoms with Gasteiger partial charge in [-0.05, 0) is 338 Å². The Morgan fingerprint density at radius 1 is 0.479 bits per heavy atom. The summed E-state index contributed by atoms with van der Waals surface area (Å²) in [6, 6.07) is 70.2. The smallest absolute Gasteiger partial charge is 0.253 e. The molecule has 0 saturated carbocycles. The number of methoxy groups -OCH3 is 1. The Labute approximate surface area is 857 Å². The van der Waals surface area contributed by atoms with E-state index in [1.807, 2.05) is 226 Å². The molecule has 28 heteroatoms. The van der Waals surface area contributed by atoms with Crippen molar-refractivity contribution in [1.29, 1.82) is 0 Å². The molecule has 20 nitrogen and oxygen atoms in total. The van der Waals surface area contributed by atoms with Crippen molar-refractivity contribution in [2.45, 2.75) is 144 Å². The lowest BCUT2D eigenvalue weighted by molar-refractivity contribution is 0.0614. The Morgan fingerprint density at radius 3 is 1.37 bits per heavy atom. The van der Waals surface area contributed by atoms with Crippen LogP contribution in [0, 0.1) is 148 Å². The number of imidazole rings is 1. The van der Waals surface area contributed by atoms with Crippen molar-refractivity contribution < 1.29 is 46.8 Å². The fourth-order valence-corrected chi connectivity index (χ4v) is 13.7. The maximum Gasteiger partial charge on any atom is 0.253 e. The normalized spacial score (nSPS) is 10.7. The van der Waals surface area contributed by atoms with E-state index < -0.39 is 5.60 Å². The van der Waals surface area contributed by atoms with Crippen LogP contribution in [-0.2, 0) is 12.6 Å². The number of aliphatic hydroxyl groups is 2. The summed E-state index contributed by atoms with van der Waals surface area (Å²) in [4.78, 5) is 49.5. The number of halogens is 5. The van der Waals surface area contributed by atoms with Crippen LogP contribution in [-0.4, -0.2) is 133 Å². The molecular formula is C114H143ClF4N14O6S3. The quantitative estimate of drug-likeness (QED) is 0.0588. The molecule has 1 amide bonds. The Morgan fingerprint density at radius 2 is 0.993 bits per heavy atom. The van der Waals surface area contributed by atoms with Gasteiger partial charge in [-0.2, -0.15) is 0 Å². The zero-order valence-electron chi connectivity index (χ0n) is 86.5. The molecule has 0 unspecified atom stereocenters. The molecular weight excluding hydrogens is 1870 g/mol. The number of β-amino-alcohol motifs (C(OH)–C–C–N with tert-alkyl or cyclic N) is 1. The number of fused-ring (bicyclic) bond motifs is 1. The number of carbonyl (C=O) groups excluding carboxylic acids is 1. The first-order valence-corrected chi connectivity index (χ1v) is 48.6. The summed E-state index contributed by atoms with van der Waals surface area (Å²) >= 11 is 10.8. The minimum Gasteiger partial charge on any atom is -0.487 e. The van der Waals surface area contributed by atoms with Crippen molar-refractivity contribution in [3.63, 3.8) is 0 Å². The second kappa shape index (κ2) is 68.6. The third kappa shape index (κ3) is 57.3. The highest BCUT2D eigenvalue weighted by atomic mass is 35.5. The van der Waals surface area contributed by atoms with E-state index in [9.17, 15) is 27.5 Å². The molecule has 10 heterocycles. The maximum atomic E-state index is 13.2. The predicted octanol–water partition coefficient (Wildman–Crippen LogP) is 26.6. The van der Waals surface area contributed by atoms with Gasteiger partial charge in [0, 0.05) is 141 Å². The van der Waals surface area contributed by atoms with Gasteiger partial charge in [0.2, 0.25) is 12.7 Å². The van der Waals surface area contributed by atoms with Crippen molar-refractivity contribution in [3.8, 4) is 16.6 Å². The van der Waals surface area contributed by atoms with Crippen LogP contribution in [0.15, 0.2) is 297 Å². The standard InChI is InChI=1S/C14H20N2O2.C10H13FO.C9H13N.C8H8O2.3C7H7F.C7H9N.C6H6ClN.2C6H8N2.C6H8OS.2C6H8S.C5H7N3.C4H6N2/c1-12-2-4-13(5-3-12)14(18)16-8-6-15(7-9-16)10-11-17;1-7-4-5-8(9(11)6-7)10(2,3)12;1-8-5-4-6-9(7-8)10(2)3;1-6-2-3-7-8(4-6)10-5-9-7;1-6-2-4-7(8)5-3-6;1-6-3-2-4-7(8)5-6;1-6-4-2-3-5-7(6)8;1-6-2-4-7(8)5-3-6;1-5-2-3-8-6(7)4-5;1-5-3-7-6(2)8-4-5;1-5-2-3-6(7)8-4-5;1-5-3-6(7-2)8-4-5;1-5-3-6(2)7-4-5;1-5-3-4-6(2)7-5;1-4-2-7-5(6)8-3-4;1-6-3-2-5-4-6/h2-5,17H,6-11H2,1H3;4-6,12H,1-3H3;4-7H,1-3H3;2-4H,5H2,1H3;3*2-5H,1H3;2-5H,8H2,1H3;2-4H,1H3;3-4H,1-2H3;2-4H,1H3,(H2,7,8);3-4H,1-2H3;2*3-4H,1-2H3;2-3H,1H3,(H2,6,7,8);2-4H,1H3. The van der Waals surface area contributed by atoms with E-state index in [4.69, 9.17) is 48.1 Å². The van der Waals surface area contributed by atoms with Gasteiger partial charge in [0.15, 0.2) is 16.6 Å². The number of anilines is 4. The maximum absolute atomic E-state index is 13.2. The van der Waals surface area contributed by atoms with Gasteiger partial charge in [0.05, 0.1) is 25.6 Å². The first-order valence-electron chi connectivity index (χ1n) is 45.7. The predicted molar refractivity (Wildman–Crippen MR) is 585 cm³/mol. The molecule has 2 aliphatic rings. The number of pyridine rings is 2. The van der Waals surface area contributed by atoms with Crippen LogP contribution in [0.4, 0.5) is 40.7 Å². The molecule has 2 aliphatic heterocycles. The second-order valence-electron chi connectivity index (χ2n) is 33.7. The van der Waals surface area contributed by atoms with Crippen molar-refractivity contribution in [2.24, 2.45) is 7.05 Å². The highest BCUT2D eigenvalue weighted by Gasteiger charge is 2.22.